The highest BCUT2D eigenvalue weighted by Crippen LogP contribution is 2.26. The smallest absolute Gasteiger partial charge is 0.306 e. The van der Waals surface area contributed by atoms with E-state index in [4.69, 9.17) is 28.4 Å². The van der Waals surface area contributed by atoms with Gasteiger partial charge in [0.15, 0.2) is 0 Å². The summed E-state index contributed by atoms with van der Waals surface area (Å²) < 4.78 is 34.0. The van der Waals surface area contributed by atoms with Gasteiger partial charge in [-0.25, -0.2) is 0 Å². The molecule has 0 aliphatic rings. The van der Waals surface area contributed by atoms with E-state index in [9.17, 15) is 28.8 Å². The first-order valence-electron chi connectivity index (χ1n) is 26.1. The van der Waals surface area contributed by atoms with E-state index in [2.05, 4.69) is 46.4 Å². The van der Waals surface area contributed by atoms with Gasteiger partial charge in [0.2, 0.25) is 0 Å². The lowest BCUT2D eigenvalue weighted by Gasteiger charge is -2.32. The quantitative estimate of drug-likeness (QED) is 0.0322. The molecule has 0 heterocycles. The highest BCUT2D eigenvalue weighted by molar-refractivity contribution is 5.71. The van der Waals surface area contributed by atoms with Crippen molar-refractivity contribution in [1.29, 1.82) is 0 Å². The molecule has 0 fully saturated rings. The molecule has 0 spiro atoms. The van der Waals surface area contributed by atoms with Gasteiger partial charge in [-0.3, -0.25) is 28.8 Å². The summed E-state index contributed by atoms with van der Waals surface area (Å²) in [6, 6.07) is 0. The molecular formula is C52H95NO12. The number of unbranched alkanes of at least 4 members (excludes halogenated alkanes) is 14. The molecule has 0 N–H and O–H groups in total. The Labute approximate surface area is 395 Å². The zero-order chi connectivity index (χ0) is 48.2. The molecule has 0 aromatic rings. The molecule has 0 unspecified atom stereocenters. The number of esters is 6. The Bertz CT molecular complexity index is 1160. The molecule has 0 atom stereocenters. The normalized spacial score (nSPS) is 11.4. The van der Waals surface area contributed by atoms with Crippen molar-refractivity contribution in [2.45, 2.75) is 228 Å². The summed E-state index contributed by atoms with van der Waals surface area (Å²) in [6.45, 7) is 14.9. The van der Waals surface area contributed by atoms with Crippen LogP contribution in [-0.4, -0.2) is 100.0 Å². The van der Waals surface area contributed by atoms with Gasteiger partial charge < -0.3 is 33.3 Å². The highest BCUT2D eigenvalue weighted by atomic mass is 16.6. The fourth-order valence-corrected chi connectivity index (χ4v) is 7.40. The van der Waals surface area contributed by atoms with Crippen molar-refractivity contribution in [2.75, 3.05) is 59.3 Å². The summed E-state index contributed by atoms with van der Waals surface area (Å²) in [6.07, 6.45) is 21.7. The third-order valence-corrected chi connectivity index (χ3v) is 11.8. The minimum Gasteiger partial charge on any atom is -0.466 e. The number of rotatable bonds is 46. The monoisotopic (exact) mass is 926 g/mol. The molecule has 0 aromatic heterocycles. The second kappa shape index (κ2) is 43.4. The average molecular weight is 926 g/mol. The summed E-state index contributed by atoms with van der Waals surface area (Å²) in [5.74, 6) is -1.97. The predicted molar refractivity (Wildman–Crippen MR) is 256 cm³/mol. The zero-order valence-electron chi connectivity index (χ0n) is 42.3. The van der Waals surface area contributed by atoms with Crippen molar-refractivity contribution in [3.8, 4) is 0 Å². The Morgan fingerprint density at radius 2 is 0.692 bits per heavy atom. The van der Waals surface area contributed by atoms with Gasteiger partial charge in [-0.1, -0.05) is 131 Å². The van der Waals surface area contributed by atoms with E-state index in [-0.39, 0.29) is 75.9 Å². The lowest BCUT2D eigenvalue weighted by Crippen LogP contribution is -2.44. The van der Waals surface area contributed by atoms with E-state index >= 15 is 0 Å². The van der Waals surface area contributed by atoms with Gasteiger partial charge in [-0.2, -0.15) is 0 Å². The fourth-order valence-electron chi connectivity index (χ4n) is 7.40. The van der Waals surface area contributed by atoms with Crippen molar-refractivity contribution in [2.24, 2.45) is 11.3 Å². The van der Waals surface area contributed by atoms with Crippen LogP contribution in [0, 0.1) is 11.3 Å². The third-order valence-electron chi connectivity index (χ3n) is 11.8. The van der Waals surface area contributed by atoms with E-state index in [1.54, 1.807) is 0 Å². The molecule has 0 aromatic carbocycles. The summed E-state index contributed by atoms with van der Waals surface area (Å²) in [5.41, 5.74) is -1.33. The topological polar surface area (TPSA) is 161 Å². The van der Waals surface area contributed by atoms with Gasteiger partial charge in [0, 0.05) is 38.5 Å². The number of carbonyl (C=O) groups is 6. The van der Waals surface area contributed by atoms with Crippen LogP contribution in [0.4, 0.5) is 0 Å². The lowest BCUT2D eigenvalue weighted by atomic mass is 9.91. The van der Waals surface area contributed by atoms with Crippen LogP contribution in [0.25, 0.3) is 0 Å². The highest BCUT2D eigenvalue weighted by Gasteiger charge is 2.38. The zero-order valence-corrected chi connectivity index (χ0v) is 42.3. The molecule has 0 amide bonds. The molecule has 13 heteroatoms. The van der Waals surface area contributed by atoms with E-state index in [1.807, 2.05) is 0 Å². The third kappa shape index (κ3) is 37.6. The molecular weight excluding hydrogens is 831 g/mol. The van der Waals surface area contributed by atoms with E-state index in [0.717, 1.165) is 135 Å². The van der Waals surface area contributed by atoms with Crippen LogP contribution in [0.5, 0.6) is 0 Å². The first-order valence-corrected chi connectivity index (χ1v) is 26.1. The summed E-state index contributed by atoms with van der Waals surface area (Å²) >= 11 is 0. The minimum absolute atomic E-state index is 0.135. The van der Waals surface area contributed by atoms with Crippen molar-refractivity contribution >= 4 is 35.8 Å². The van der Waals surface area contributed by atoms with Gasteiger partial charge in [-0.15, -0.1) is 0 Å². The molecule has 0 aliphatic carbocycles. The number of hydrogen-bond donors (Lipinski definition) is 0. The van der Waals surface area contributed by atoms with Crippen molar-refractivity contribution in [3.05, 3.63) is 0 Å². The maximum Gasteiger partial charge on any atom is 0.306 e. The van der Waals surface area contributed by atoms with Gasteiger partial charge in [0.25, 0.3) is 0 Å². The Kier molecular flexibility index (Phi) is 41.2. The largest absolute Gasteiger partial charge is 0.466 e. The molecule has 0 saturated carbocycles. The van der Waals surface area contributed by atoms with Gasteiger partial charge >= 0.3 is 35.8 Å². The van der Waals surface area contributed by atoms with Gasteiger partial charge in [0.05, 0.1) is 13.2 Å². The molecule has 13 nitrogen and oxygen atoms in total. The Hall–Kier alpha value is -3.22. The first kappa shape index (κ1) is 61.8. The van der Waals surface area contributed by atoms with Crippen LogP contribution in [0.1, 0.15) is 228 Å². The standard InChI is InChI=1S/C52H95NO12/c1-7-13-21-30-45(31-22-14-8-2)40-51(59)65-44-52(43-64-50(58)36-29-37-53(11-5)12-6,41-62-48(56)34-25-19-17-23-32-46(54)60-38-27-15-9-3)42-63-49(57)35-26-20-18-24-33-47(55)61-39-28-16-10-4/h45H,7-44H2,1-6H3. The van der Waals surface area contributed by atoms with E-state index in [0.29, 0.717) is 58.2 Å². The molecule has 380 valence electrons. The molecule has 0 radical (unpaired) electrons. The van der Waals surface area contributed by atoms with Crippen molar-refractivity contribution < 1.29 is 57.2 Å². The summed E-state index contributed by atoms with van der Waals surface area (Å²) in [7, 11) is 0. The van der Waals surface area contributed by atoms with E-state index in [1.165, 1.54) is 0 Å². The van der Waals surface area contributed by atoms with Crippen molar-refractivity contribution in [1.82, 2.24) is 4.90 Å². The van der Waals surface area contributed by atoms with Crippen LogP contribution in [-0.2, 0) is 57.2 Å². The lowest BCUT2D eigenvalue weighted by molar-refractivity contribution is -0.171. The number of carbonyl (C=O) groups excluding carboxylic acids is 6. The van der Waals surface area contributed by atoms with Crippen LogP contribution < -0.4 is 0 Å². The Morgan fingerprint density at radius 3 is 1.05 bits per heavy atom. The van der Waals surface area contributed by atoms with Gasteiger partial charge in [0.1, 0.15) is 31.8 Å². The molecule has 0 bridgehead atoms. The molecule has 0 rings (SSSR count). The number of nitrogens with zero attached hydrogens (tertiary/aromatic N) is 1. The molecule has 0 aliphatic heterocycles. The van der Waals surface area contributed by atoms with Crippen LogP contribution in [0.2, 0.25) is 0 Å². The number of hydrogen-bond acceptors (Lipinski definition) is 13. The van der Waals surface area contributed by atoms with Crippen LogP contribution >= 0.6 is 0 Å². The van der Waals surface area contributed by atoms with Crippen LogP contribution in [0.3, 0.4) is 0 Å². The predicted octanol–water partition coefficient (Wildman–Crippen LogP) is 11.6. The maximum atomic E-state index is 13.5. The average Bonchev–Trinajstić information content (AvgIpc) is 3.29. The first-order chi connectivity index (χ1) is 31.5. The SMILES string of the molecule is CCCCCOC(=O)CCCCCCC(=O)OCC(COC(=O)CCCCCCC(=O)OCCCCC)(COC(=O)CCCN(CC)CC)COC(=O)CC(CCCCC)CCCCC. The van der Waals surface area contributed by atoms with Crippen molar-refractivity contribution in [3.63, 3.8) is 0 Å². The number of ether oxygens (including phenoxy) is 6. The minimum atomic E-state index is -1.33. The Morgan fingerprint density at radius 1 is 0.369 bits per heavy atom. The van der Waals surface area contributed by atoms with E-state index < -0.39 is 23.3 Å². The molecule has 0 saturated heterocycles. The Balaban J connectivity index is 5.83. The summed E-state index contributed by atoms with van der Waals surface area (Å²) in [4.78, 5) is 79.3. The van der Waals surface area contributed by atoms with Gasteiger partial charge in [-0.05, 0) is 83.3 Å². The molecule has 65 heavy (non-hydrogen) atoms. The second-order valence-corrected chi connectivity index (χ2v) is 18.0. The van der Waals surface area contributed by atoms with Crippen LogP contribution in [0.15, 0.2) is 0 Å². The maximum absolute atomic E-state index is 13.5. The second-order valence-electron chi connectivity index (χ2n) is 18.0. The summed E-state index contributed by atoms with van der Waals surface area (Å²) in [5, 5.41) is 0. The fraction of sp³-hybridized carbons (Fsp3) is 0.885.